The van der Waals surface area contributed by atoms with Crippen molar-refractivity contribution < 1.29 is 35.8 Å². The molecule has 0 spiro atoms. The number of hydrogen-bond donors (Lipinski definition) is 2. The van der Waals surface area contributed by atoms with Crippen molar-refractivity contribution in [2.75, 3.05) is 56.3 Å². The van der Waals surface area contributed by atoms with Crippen LogP contribution in [0.1, 0.15) is 43.0 Å². The molecule has 1 atom stereocenters. The SMILES string of the molecule is CCOc1nc2c3c(c(C(F)(F)F)c(-c4cccc5sc(N)c(C#N)c45)c(F)c3n1)OCCN2[C@H](C)c1cccnc1N.CN1CCC(F)(F)C1. The van der Waals surface area contributed by atoms with Gasteiger partial charge in [0.25, 0.3) is 5.92 Å². The molecule has 4 N–H and O–H groups in total. The van der Waals surface area contributed by atoms with Crippen molar-refractivity contribution in [3.63, 3.8) is 0 Å². The minimum Gasteiger partial charge on any atom is -0.490 e. The van der Waals surface area contributed by atoms with Crippen LogP contribution in [0.15, 0.2) is 36.5 Å². The van der Waals surface area contributed by atoms with E-state index in [1.807, 2.05) is 6.07 Å². The number of benzene rings is 2. The summed E-state index contributed by atoms with van der Waals surface area (Å²) in [5.74, 6) is -4.08. The lowest BCUT2D eigenvalue weighted by atomic mass is 9.91. The molecule has 51 heavy (non-hydrogen) atoms. The Labute approximate surface area is 292 Å². The Morgan fingerprint density at radius 2 is 1.90 bits per heavy atom. The van der Waals surface area contributed by atoms with Crippen molar-refractivity contribution in [3.05, 3.63) is 59.0 Å². The number of halogens is 6. The molecule has 0 radical (unpaired) electrons. The van der Waals surface area contributed by atoms with Crippen LogP contribution in [0.3, 0.4) is 0 Å². The van der Waals surface area contributed by atoms with Gasteiger partial charge in [0.1, 0.15) is 46.1 Å². The first-order chi connectivity index (χ1) is 24.2. The molecule has 268 valence electrons. The van der Waals surface area contributed by atoms with Gasteiger partial charge in [-0.1, -0.05) is 18.2 Å². The standard InChI is InChI=1S/C29H23F4N7O2S.C5H9F2N/c1-3-41-28-38-23-20-24(42-11-10-40(27(20)39-28)13(2)14-7-5-9-37-25(14)35)21(29(31,32)33)19(22(23)30)15-6-4-8-17-18(15)16(12-34)26(36)43-17;1-8-3-2-5(6,7)4-8/h4-9,13H,3,10-11,36H2,1-2H3,(H2,35,37);2-4H2,1H3/t13-;/m1./s1. The third-order valence-corrected chi connectivity index (χ3v) is 9.67. The highest BCUT2D eigenvalue weighted by molar-refractivity contribution is 7.23. The molecule has 2 aliphatic heterocycles. The van der Waals surface area contributed by atoms with Crippen LogP contribution >= 0.6 is 11.3 Å². The summed E-state index contributed by atoms with van der Waals surface area (Å²) in [6.45, 7) is 3.93. The number of nitriles is 1. The number of nitrogens with zero attached hydrogens (tertiary/aromatic N) is 6. The quantitative estimate of drug-likeness (QED) is 0.176. The maximum atomic E-state index is 16.8. The lowest BCUT2D eigenvalue weighted by molar-refractivity contribution is -0.138. The third kappa shape index (κ3) is 6.61. The van der Waals surface area contributed by atoms with E-state index >= 15 is 17.6 Å². The zero-order valence-electron chi connectivity index (χ0n) is 27.6. The highest BCUT2D eigenvalue weighted by Crippen LogP contribution is 2.53. The maximum Gasteiger partial charge on any atom is 0.420 e. The normalized spacial score (nSPS) is 16.3. The van der Waals surface area contributed by atoms with Crippen LogP contribution in [0.2, 0.25) is 0 Å². The first-order valence-corrected chi connectivity index (χ1v) is 16.6. The van der Waals surface area contributed by atoms with Gasteiger partial charge in [0.2, 0.25) is 0 Å². The van der Waals surface area contributed by atoms with Crippen molar-refractivity contribution in [2.24, 2.45) is 0 Å². The minimum atomic E-state index is -5.08. The number of hydrogen-bond acceptors (Lipinski definition) is 11. The molecule has 5 aromatic rings. The van der Waals surface area contributed by atoms with Crippen molar-refractivity contribution in [1.82, 2.24) is 19.9 Å². The number of alkyl halides is 5. The number of fused-ring (bicyclic) bond motifs is 1. The third-order valence-electron chi connectivity index (χ3n) is 8.68. The van der Waals surface area contributed by atoms with Gasteiger partial charge in [-0.2, -0.15) is 28.4 Å². The van der Waals surface area contributed by atoms with Gasteiger partial charge in [-0.05, 0) is 38.6 Å². The van der Waals surface area contributed by atoms with Crippen LogP contribution in [0.25, 0.3) is 32.1 Å². The number of nitrogen functional groups attached to an aromatic ring is 2. The Kier molecular flexibility index (Phi) is 9.51. The molecule has 0 aliphatic carbocycles. The molecule has 0 unspecified atom stereocenters. The zero-order valence-corrected chi connectivity index (χ0v) is 28.4. The second-order valence-electron chi connectivity index (χ2n) is 12.0. The van der Waals surface area contributed by atoms with Crippen molar-refractivity contribution >= 4 is 49.0 Å². The summed E-state index contributed by atoms with van der Waals surface area (Å²) >= 11 is 1.03. The molecule has 7 rings (SSSR count). The van der Waals surface area contributed by atoms with E-state index in [1.165, 1.54) is 18.3 Å². The lowest BCUT2D eigenvalue weighted by Crippen LogP contribution is -2.31. The van der Waals surface area contributed by atoms with Gasteiger partial charge in [0.05, 0.1) is 36.7 Å². The molecule has 1 fully saturated rings. The average molecular weight is 731 g/mol. The van der Waals surface area contributed by atoms with Gasteiger partial charge >= 0.3 is 12.2 Å². The molecule has 10 nitrogen and oxygen atoms in total. The summed E-state index contributed by atoms with van der Waals surface area (Å²) in [5.41, 5.74) is 9.97. The minimum absolute atomic E-state index is 0.0108. The number of thiophene rings is 1. The van der Waals surface area contributed by atoms with E-state index < -0.39 is 46.4 Å². The van der Waals surface area contributed by atoms with Crippen molar-refractivity contribution in [2.45, 2.75) is 38.4 Å². The molecule has 0 saturated carbocycles. The van der Waals surface area contributed by atoms with E-state index in [9.17, 15) is 14.0 Å². The van der Waals surface area contributed by atoms with E-state index in [4.69, 9.17) is 20.9 Å². The number of likely N-dealkylation sites (tertiary alicyclic amines) is 1. The molecule has 0 amide bonds. The summed E-state index contributed by atoms with van der Waals surface area (Å²) in [6, 6.07) is 9.02. The molecule has 2 aromatic carbocycles. The molecule has 5 heterocycles. The fraction of sp³-hybridized carbons (Fsp3) is 0.353. The predicted octanol–water partition coefficient (Wildman–Crippen LogP) is 7.42. The average Bonchev–Trinajstić information content (AvgIpc) is 3.50. The van der Waals surface area contributed by atoms with E-state index in [-0.39, 0.29) is 77.3 Å². The van der Waals surface area contributed by atoms with E-state index in [1.54, 1.807) is 48.9 Å². The van der Waals surface area contributed by atoms with E-state index in [2.05, 4.69) is 15.0 Å². The zero-order chi connectivity index (χ0) is 36.8. The molecule has 1 saturated heterocycles. The van der Waals surface area contributed by atoms with Crippen molar-refractivity contribution in [1.29, 1.82) is 5.26 Å². The van der Waals surface area contributed by atoms with E-state index in [0.29, 0.717) is 16.8 Å². The summed E-state index contributed by atoms with van der Waals surface area (Å²) in [7, 11) is 1.71. The van der Waals surface area contributed by atoms with Gasteiger partial charge < -0.3 is 30.7 Å². The van der Waals surface area contributed by atoms with Gasteiger partial charge in [-0.15, -0.1) is 11.3 Å². The van der Waals surface area contributed by atoms with E-state index in [0.717, 1.165) is 11.3 Å². The van der Waals surface area contributed by atoms with Crippen LogP contribution in [0.4, 0.5) is 43.0 Å². The molecule has 3 aromatic heterocycles. The summed E-state index contributed by atoms with van der Waals surface area (Å²) in [4.78, 5) is 16.1. The predicted molar refractivity (Wildman–Crippen MR) is 183 cm³/mol. The first kappa shape index (κ1) is 35.7. The molecule has 2 aliphatic rings. The van der Waals surface area contributed by atoms with Crippen LogP contribution in [0.5, 0.6) is 11.8 Å². The van der Waals surface area contributed by atoms with Crippen LogP contribution in [-0.2, 0) is 6.18 Å². The molecular weight excluding hydrogens is 698 g/mol. The number of rotatable bonds is 5. The summed E-state index contributed by atoms with van der Waals surface area (Å²) in [5, 5.41) is 9.76. The highest BCUT2D eigenvalue weighted by Gasteiger charge is 2.44. The first-order valence-electron chi connectivity index (χ1n) is 15.8. The summed E-state index contributed by atoms with van der Waals surface area (Å²) < 4.78 is 98.3. The Bertz CT molecular complexity index is 2170. The van der Waals surface area contributed by atoms with Gasteiger partial charge in [-0.25, -0.2) is 18.2 Å². The fourth-order valence-electron chi connectivity index (χ4n) is 6.41. The smallest absolute Gasteiger partial charge is 0.420 e. The highest BCUT2D eigenvalue weighted by atomic mass is 32.1. The number of anilines is 3. The molecular formula is C34H32F6N8O2S. The fourth-order valence-corrected chi connectivity index (χ4v) is 7.35. The Balaban J connectivity index is 0.000000495. The van der Waals surface area contributed by atoms with Crippen molar-refractivity contribution in [3.8, 4) is 29.0 Å². The van der Waals surface area contributed by atoms with Gasteiger partial charge in [0.15, 0.2) is 5.82 Å². The maximum absolute atomic E-state index is 16.8. The Morgan fingerprint density at radius 3 is 2.51 bits per heavy atom. The lowest BCUT2D eigenvalue weighted by Gasteiger charge is -2.30. The summed E-state index contributed by atoms with van der Waals surface area (Å²) in [6.07, 6.45) is -3.53. The molecule has 17 heteroatoms. The van der Waals surface area contributed by atoms with Gasteiger partial charge in [-0.3, -0.25) is 0 Å². The van der Waals surface area contributed by atoms with Crippen LogP contribution in [0, 0.1) is 17.1 Å². The monoisotopic (exact) mass is 730 g/mol. The Hall–Kier alpha value is -5.08. The topological polar surface area (TPSA) is 139 Å². The number of ether oxygens (including phenoxy) is 2. The second kappa shape index (κ2) is 13.6. The number of nitrogens with two attached hydrogens (primary N) is 2. The molecule has 0 bridgehead atoms. The second-order valence-corrected chi connectivity index (χ2v) is 13.1. The number of aromatic nitrogens is 3. The van der Waals surface area contributed by atoms with Crippen LogP contribution in [-0.4, -0.2) is 65.7 Å². The Morgan fingerprint density at radius 1 is 1.14 bits per heavy atom. The largest absolute Gasteiger partial charge is 0.490 e. The van der Waals surface area contributed by atoms with Gasteiger partial charge in [0, 0.05) is 40.4 Å². The van der Waals surface area contributed by atoms with Crippen LogP contribution < -0.4 is 25.8 Å². The number of pyridine rings is 1.